The fourth-order valence-corrected chi connectivity index (χ4v) is 3.86. The second-order valence-electron chi connectivity index (χ2n) is 6.93. The van der Waals surface area contributed by atoms with Crippen molar-refractivity contribution in [3.05, 3.63) is 87.8 Å². The van der Waals surface area contributed by atoms with Gasteiger partial charge in [-0.05, 0) is 60.3 Å². The molecule has 0 spiro atoms. The molecule has 0 saturated carbocycles. The van der Waals surface area contributed by atoms with Crippen LogP contribution in [-0.4, -0.2) is 22.2 Å². The molecule has 3 aromatic rings. The number of carbonyl (C=O) groups is 2. The molecule has 1 amide bonds. The minimum Gasteiger partial charge on any atom is -0.303 e. The van der Waals surface area contributed by atoms with Gasteiger partial charge in [-0.25, -0.2) is 9.97 Å². The molecular weight excluding hydrogens is 457 g/mol. The molecule has 8 heteroatoms. The summed E-state index contributed by atoms with van der Waals surface area (Å²) in [5, 5.41) is 1.51. The summed E-state index contributed by atoms with van der Waals surface area (Å²) >= 11 is 17.4. The third-order valence-electron chi connectivity index (χ3n) is 4.91. The Bertz CT molecular complexity index is 1020. The van der Waals surface area contributed by atoms with Crippen molar-refractivity contribution in [2.45, 2.75) is 25.3 Å². The van der Waals surface area contributed by atoms with Crippen LogP contribution in [0.5, 0.6) is 0 Å². The Balaban J connectivity index is 0.000000330. The van der Waals surface area contributed by atoms with Crippen LogP contribution in [0.4, 0.5) is 5.82 Å². The predicted molar refractivity (Wildman–Crippen MR) is 124 cm³/mol. The van der Waals surface area contributed by atoms with Crippen molar-refractivity contribution < 1.29 is 9.59 Å². The van der Waals surface area contributed by atoms with Gasteiger partial charge in [0.1, 0.15) is 12.1 Å². The summed E-state index contributed by atoms with van der Waals surface area (Å²) in [4.78, 5) is 33.5. The van der Waals surface area contributed by atoms with Crippen molar-refractivity contribution >= 4 is 52.8 Å². The molecule has 0 radical (unpaired) electrons. The molecule has 4 rings (SSSR count). The number of nitrogens with zero attached hydrogens (tertiary/aromatic N) is 3. The topological polar surface area (TPSA) is 63.2 Å². The van der Waals surface area contributed by atoms with E-state index in [0.29, 0.717) is 17.3 Å². The molecule has 2 heterocycles. The van der Waals surface area contributed by atoms with Crippen molar-refractivity contribution in [3.8, 4) is 0 Å². The van der Waals surface area contributed by atoms with Crippen molar-refractivity contribution in [3.63, 3.8) is 0 Å². The van der Waals surface area contributed by atoms with Crippen LogP contribution in [0.25, 0.3) is 0 Å². The average Bonchev–Trinajstić information content (AvgIpc) is 2.77. The molecule has 1 aliphatic rings. The largest absolute Gasteiger partial charge is 0.303 e. The van der Waals surface area contributed by atoms with Gasteiger partial charge < -0.3 is 4.79 Å². The van der Waals surface area contributed by atoms with Gasteiger partial charge in [0.25, 0.3) is 0 Å². The van der Waals surface area contributed by atoms with Crippen LogP contribution in [-0.2, 0) is 9.59 Å². The summed E-state index contributed by atoms with van der Waals surface area (Å²) in [6.07, 6.45) is 3.89. The van der Waals surface area contributed by atoms with Gasteiger partial charge in [0, 0.05) is 28.6 Å². The molecule has 0 aliphatic carbocycles. The lowest BCUT2D eigenvalue weighted by Gasteiger charge is -2.38. The van der Waals surface area contributed by atoms with Crippen LogP contribution in [0.2, 0.25) is 15.3 Å². The maximum absolute atomic E-state index is 12.9. The lowest BCUT2D eigenvalue weighted by molar-refractivity contribution is -0.126. The molecule has 2 atom stereocenters. The predicted octanol–water partition coefficient (Wildman–Crippen LogP) is 6.20. The van der Waals surface area contributed by atoms with E-state index in [4.69, 9.17) is 34.8 Å². The molecule has 1 unspecified atom stereocenters. The van der Waals surface area contributed by atoms with Gasteiger partial charge >= 0.3 is 0 Å². The minimum absolute atomic E-state index is 0.0765. The Hall–Kier alpha value is -2.47. The van der Waals surface area contributed by atoms with Crippen LogP contribution < -0.4 is 4.90 Å². The lowest BCUT2D eigenvalue weighted by Crippen LogP contribution is -2.44. The first-order valence-corrected chi connectivity index (χ1v) is 10.8. The van der Waals surface area contributed by atoms with Crippen molar-refractivity contribution in [2.24, 2.45) is 5.92 Å². The second kappa shape index (κ2) is 11.2. The van der Waals surface area contributed by atoms with Crippen LogP contribution >= 0.6 is 34.8 Å². The van der Waals surface area contributed by atoms with Crippen LogP contribution in [0.15, 0.2) is 66.9 Å². The third-order valence-corrected chi connectivity index (χ3v) is 5.60. The number of aldehydes is 1. The SMILES string of the molecule is Clc1ccccc1.O=CCC1CC[C@@H](c2ccc(Cl)cc2)N(c2ccnc(Cl)n2)C1=O. The number of hydrogen-bond donors (Lipinski definition) is 0. The molecule has 1 aromatic heterocycles. The highest BCUT2D eigenvalue weighted by Crippen LogP contribution is 2.38. The average molecular weight is 477 g/mol. The maximum atomic E-state index is 12.9. The first kappa shape index (κ1) is 23.2. The number of piperidine rings is 1. The van der Waals surface area contributed by atoms with E-state index in [1.54, 1.807) is 23.1 Å². The number of amides is 1. The van der Waals surface area contributed by atoms with E-state index in [2.05, 4.69) is 9.97 Å². The quantitative estimate of drug-likeness (QED) is 0.332. The monoisotopic (exact) mass is 475 g/mol. The zero-order valence-corrected chi connectivity index (χ0v) is 18.8. The number of aromatic nitrogens is 2. The first-order chi connectivity index (χ1) is 15.0. The standard InChI is InChI=1S/C17H15Cl2N3O2.C6H5Cl/c18-13-4-1-11(2-5-13)14-6-3-12(8-10-23)16(24)22(14)15-7-9-20-17(19)21-15;7-6-4-2-1-3-5-6/h1-2,4-5,7,9-10,12,14H,3,6,8H2;1-5H/t12?,14-;/m0./s1. The molecule has 2 aromatic carbocycles. The van der Waals surface area contributed by atoms with Crippen molar-refractivity contribution in [1.82, 2.24) is 9.97 Å². The fraction of sp³-hybridized carbons (Fsp3) is 0.217. The fourth-order valence-electron chi connectivity index (χ4n) is 3.44. The Morgan fingerprint density at radius 1 is 0.935 bits per heavy atom. The highest BCUT2D eigenvalue weighted by Gasteiger charge is 2.37. The van der Waals surface area contributed by atoms with Gasteiger partial charge in [-0.1, -0.05) is 53.5 Å². The molecule has 1 saturated heterocycles. The Labute approximate surface area is 196 Å². The summed E-state index contributed by atoms with van der Waals surface area (Å²) in [6.45, 7) is 0. The third kappa shape index (κ3) is 6.26. The number of anilines is 1. The Morgan fingerprint density at radius 2 is 1.61 bits per heavy atom. The van der Waals surface area contributed by atoms with Gasteiger partial charge in [-0.15, -0.1) is 0 Å². The second-order valence-corrected chi connectivity index (χ2v) is 8.14. The highest BCUT2D eigenvalue weighted by molar-refractivity contribution is 6.30. The maximum Gasteiger partial charge on any atom is 0.232 e. The van der Waals surface area contributed by atoms with Crippen LogP contribution in [0, 0.1) is 5.92 Å². The summed E-state index contributed by atoms with van der Waals surface area (Å²) in [5.74, 6) is -0.0154. The molecule has 0 bridgehead atoms. The van der Waals surface area contributed by atoms with Gasteiger partial charge in [0.15, 0.2) is 0 Å². The van der Waals surface area contributed by atoms with E-state index in [1.165, 1.54) is 6.20 Å². The minimum atomic E-state index is -0.334. The number of halogens is 3. The van der Waals surface area contributed by atoms with E-state index in [9.17, 15) is 9.59 Å². The van der Waals surface area contributed by atoms with Gasteiger partial charge in [-0.3, -0.25) is 9.69 Å². The Kier molecular flexibility index (Phi) is 8.41. The lowest BCUT2D eigenvalue weighted by atomic mass is 9.87. The number of benzene rings is 2. The molecule has 1 aliphatic heterocycles. The first-order valence-electron chi connectivity index (χ1n) is 9.71. The summed E-state index contributed by atoms with van der Waals surface area (Å²) in [6, 6.07) is 18.3. The number of carbonyl (C=O) groups excluding carboxylic acids is 2. The highest BCUT2D eigenvalue weighted by atomic mass is 35.5. The van der Waals surface area contributed by atoms with E-state index in [-0.39, 0.29) is 29.6 Å². The molecule has 160 valence electrons. The van der Waals surface area contributed by atoms with Crippen molar-refractivity contribution in [1.29, 1.82) is 0 Å². The van der Waals surface area contributed by atoms with Crippen molar-refractivity contribution in [2.75, 3.05) is 4.90 Å². The smallest absolute Gasteiger partial charge is 0.232 e. The van der Waals surface area contributed by atoms with Gasteiger partial charge in [0.2, 0.25) is 11.2 Å². The molecule has 0 N–H and O–H groups in total. The molecular formula is C23H20Cl3N3O2. The Morgan fingerprint density at radius 3 is 2.19 bits per heavy atom. The zero-order chi connectivity index (χ0) is 22.2. The summed E-state index contributed by atoms with van der Waals surface area (Å²) in [7, 11) is 0. The number of hydrogen-bond acceptors (Lipinski definition) is 4. The number of rotatable bonds is 4. The van der Waals surface area contributed by atoms with Gasteiger partial charge in [0.05, 0.1) is 6.04 Å². The van der Waals surface area contributed by atoms with E-state index in [1.807, 2.05) is 42.5 Å². The van der Waals surface area contributed by atoms with Gasteiger partial charge in [-0.2, -0.15) is 0 Å². The zero-order valence-electron chi connectivity index (χ0n) is 16.5. The summed E-state index contributed by atoms with van der Waals surface area (Å²) in [5.41, 5.74) is 0.965. The molecule has 5 nitrogen and oxygen atoms in total. The van der Waals surface area contributed by atoms with Crippen LogP contribution in [0.3, 0.4) is 0 Å². The summed E-state index contributed by atoms with van der Waals surface area (Å²) < 4.78 is 0. The molecule has 1 fully saturated rings. The van der Waals surface area contributed by atoms with E-state index < -0.39 is 0 Å². The van der Waals surface area contributed by atoms with E-state index >= 15 is 0 Å². The van der Waals surface area contributed by atoms with Crippen LogP contribution in [0.1, 0.15) is 30.9 Å². The normalized spacial score (nSPS) is 18.2. The molecule has 31 heavy (non-hydrogen) atoms. The van der Waals surface area contributed by atoms with E-state index in [0.717, 1.165) is 23.3 Å².